The third-order valence-electron chi connectivity index (χ3n) is 3.83. The van der Waals surface area contributed by atoms with Gasteiger partial charge in [-0.3, -0.25) is 4.98 Å². The van der Waals surface area contributed by atoms with Gasteiger partial charge in [-0.25, -0.2) is 4.98 Å². The van der Waals surface area contributed by atoms with E-state index in [0.29, 0.717) is 12.0 Å². The molecule has 0 saturated heterocycles. The lowest BCUT2D eigenvalue weighted by Crippen LogP contribution is -2.16. The first-order chi connectivity index (χ1) is 12.2. The van der Waals surface area contributed by atoms with Crippen LogP contribution in [0.3, 0.4) is 0 Å². The van der Waals surface area contributed by atoms with Crippen molar-refractivity contribution in [3.63, 3.8) is 0 Å². The second-order valence-electron chi connectivity index (χ2n) is 5.76. The van der Waals surface area contributed by atoms with E-state index in [0.717, 1.165) is 33.7 Å². The Morgan fingerprint density at radius 1 is 1.08 bits per heavy atom. The Morgan fingerprint density at radius 2 is 1.84 bits per heavy atom. The second kappa shape index (κ2) is 8.07. The number of benzene rings is 1. The van der Waals surface area contributed by atoms with Crippen LogP contribution in [-0.4, -0.2) is 21.0 Å². The molecule has 1 aromatic carbocycles. The van der Waals surface area contributed by atoms with Crippen molar-refractivity contribution in [2.45, 2.75) is 26.3 Å². The minimum atomic E-state index is 0.295. The largest absolute Gasteiger partial charge is 0.352 e. The summed E-state index contributed by atoms with van der Waals surface area (Å²) in [5.74, 6) is 1.35. The first-order valence-electron chi connectivity index (χ1n) is 8.23. The molecule has 0 radical (unpaired) electrons. The standard InChI is InChI=1S/C19H20BrN5/c1-3-13(2)22-19-24-17(14-8-10-21-11-9-14)12-18(25-19)23-16-7-5-4-6-15(16)20/h4-13H,3H2,1-2H3,(H2,22,23,24,25)/t13-/m0/s1. The van der Waals surface area contributed by atoms with Gasteiger partial charge in [-0.15, -0.1) is 0 Å². The molecule has 1 atom stereocenters. The third-order valence-corrected chi connectivity index (χ3v) is 4.52. The van der Waals surface area contributed by atoms with Crippen molar-refractivity contribution in [3.05, 3.63) is 59.3 Å². The minimum absolute atomic E-state index is 0.295. The van der Waals surface area contributed by atoms with E-state index >= 15 is 0 Å². The van der Waals surface area contributed by atoms with Crippen molar-refractivity contribution in [1.29, 1.82) is 0 Å². The molecule has 0 aliphatic heterocycles. The quantitative estimate of drug-likeness (QED) is 0.594. The lowest BCUT2D eigenvalue weighted by atomic mass is 10.2. The Labute approximate surface area is 156 Å². The predicted octanol–water partition coefficient (Wildman–Crippen LogP) is 5.26. The van der Waals surface area contributed by atoms with Gasteiger partial charge < -0.3 is 10.6 Å². The fourth-order valence-corrected chi connectivity index (χ4v) is 2.65. The van der Waals surface area contributed by atoms with Crippen molar-refractivity contribution in [3.8, 4) is 11.3 Å². The average molecular weight is 398 g/mol. The summed E-state index contributed by atoms with van der Waals surface area (Å²) in [5.41, 5.74) is 2.80. The number of aromatic nitrogens is 3. The molecule has 2 heterocycles. The van der Waals surface area contributed by atoms with Crippen molar-refractivity contribution in [2.24, 2.45) is 0 Å². The highest BCUT2D eigenvalue weighted by molar-refractivity contribution is 9.10. The number of anilines is 3. The van der Waals surface area contributed by atoms with Gasteiger partial charge in [0.1, 0.15) is 5.82 Å². The van der Waals surface area contributed by atoms with Crippen LogP contribution in [-0.2, 0) is 0 Å². The Balaban J connectivity index is 1.99. The molecular formula is C19H20BrN5. The van der Waals surface area contributed by atoms with Crippen LogP contribution in [0.1, 0.15) is 20.3 Å². The van der Waals surface area contributed by atoms with E-state index in [2.05, 4.69) is 55.4 Å². The van der Waals surface area contributed by atoms with E-state index in [4.69, 9.17) is 0 Å². The van der Waals surface area contributed by atoms with Gasteiger partial charge in [0.2, 0.25) is 5.95 Å². The van der Waals surface area contributed by atoms with Crippen LogP contribution in [0.2, 0.25) is 0 Å². The Hall–Kier alpha value is -2.47. The van der Waals surface area contributed by atoms with Crippen LogP contribution >= 0.6 is 15.9 Å². The summed E-state index contributed by atoms with van der Waals surface area (Å²) in [7, 11) is 0. The molecule has 0 unspecified atom stereocenters. The summed E-state index contributed by atoms with van der Waals surface area (Å²) in [6.45, 7) is 4.24. The molecule has 3 aromatic rings. The highest BCUT2D eigenvalue weighted by Gasteiger charge is 2.10. The first-order valence-corrected chi connectivity index (χ1v) is 9.02. The lowest BCUT2D eigenvalue weighted by Gasteiger charge is -2.15. The molecular weight excluding hydrogens is 378 g/mol. The van der Waals surface area contributed by atoms with Crippen molar-refractivity contribution < 1.29 is 0 Å². The van der Waals surface area contributed by atoms with E-state index < -0.39 is 0 Å². The SMILES string of the molecule is CC[C@H](C)Nc1nc(Nc2ccccc2Br)cc(-c2ccncc2)n1. The molecule has 0 saturated carbocycles. The number of rotatable bonds is 6. The molecule has 6 heteroatoms. The van der Waals surface area contributed by atoms with E-state index in [1.807, 2.05) is 42.5 Å². The van der Waals surface area contributed by atoms with Crippen molar-refractivity contribution >= 4 is 33.4 Å². The van der Waals surface area contributed by atoms with Crippen LogP contribution in [0.25, 0.3) is 11.3 Å². The van der Waals surface area contributed by atoms with E-state index in [-0.39, 0.29) is 0 Å². The molecule has 128 valence electrons. The number of hydrogen-bond acceptors (Lipinski definition) is 5. The molecule has 0 amide bonds. The first kappa shape index (κ1) is 17.4. The number of nitrogens with zero attached hydrogens (tertiary/aromatic N) is 3. The molecule has 5 nitrogen and oxygen atoms in total. The topological polar surface area (TPSA) is 62.7 Å². The summed E-state index contributed by atoms with van der Waals surface area (Å²) in [6.07, 6.45) is 4.52. The molecule has 0 aliphatic carbocycles. The number of pyridine rings is 1. The van der Waals surface area contributed by atoms with E-state index in [1.165, 1.54) is 0 Å². The number of para-hydroxylation sites is 1. The second-order valence-corrected chi connectivity index (χ2v) is 6.61. The Morgan fingerprint density at radius 3 is 2.56 bits per heavy atom. The van der Waals surface area contributed by atoms with Gasteiger partial charge in [0.05, 0.1) is 11.4 Å². The number of nitrogens with one attached hydrogen (secondary N) is 2. The summed E-state index contributed by atoms with van der Waals surface area (Å²) < 4.78 is 0.982. The minimum Gasteiger partial charge on any atom is -0.352 e. The van der Waals surface area contributed by atoms with Crippen LogP contribution in [0.5, 0.6) is 0 Å². The molecule has 0 fully saturated rings. The van der Waals surface area contributed by atoms with Gasteiger partial charge in [0, 0.05) is 34.5 Å². The maximum absolute atomic E-state index is 4.65. The van der Waals surface area contributed by atoms with E-state index in [1.54, 1.807) is 12.4 Å². The Kier molecular flexibility index (Phi) is 5.60. The molecule has 0 bridgehead atoms. The fraction of sp³-hybridized carbons (Fsp3) is 0.211. The molecule has 25 heavy (non-hydrogen) atoms. The molecule has 2 aromatic heterocycles. The smallest absolute Gasteiger partial charge is 0.225 e. The zero-order valence-corrected chi connectivity index (χ0v) is 15.8. The van der Waals surface area contributed by atoms with Gasteiger partial charge >= 0.3 is 0 Å². The maximum atomic E-state index is 4.65. The zero-order valence-electron chi connectivity index (χ0n) is 14.2. The van der Waals surface area contributed by atoms with Gasteiger partial charge in [-0.2, -0.15) is 4.98 Å². The normalized spacial score (nSPS) is 11.8. The molecule has 2 N–H and O–H groups in total. The maximum Gasteiger partial charge on any atom is 0.225 e. The average Bonchev–Trinajstić information content (AvgIpc) is 2.64. The molecule has 0 aliphatic rings. The van der Waals surface area contributed by atoms with Crippen LogP contribution in [0, 0.1) is 0 Å². The summed E-state index contributed by atoms with van der Waals surface area (Å²) in [4.78, 5) is 13.3. The predicted molar refractivity (Wildman–Crippen MR) is 106 cm³/mol. The zero-order chi connectivity index (χ0) is 17.6. The fourth-order valence-electron chi connectivity index (χ4n) is 2.27. The highest BCUT2D eigenvalue weighted by Crippen LogP contribution is 2.27. The van der Waals surface area contributed by atoms with Gasteiger partial charge in [0.15, 0.2) is 0 Å². The van der Waals surface area contributed by atoms with Crippen LogP contribution in [0.15, 0.2) is 59.3 Å². The summed E-state index contributed by atoms with van der Waals surface area (Å²) in [6, 6.07) is 14.1. The number of hydrogen-bond donors (Lipinski definition) is 2. The van der Waals surface area contributed by atoms with Gasteiger partial charge in [-0.1, -0.05) is 19.1 Å². The summed E-state index contributed by atoms with van der Waals surface area (Å²) >= 11 is 3.56. The Bertz CT molecular complexity index is 838. The van der Waals surface area contributed by atoms with Gasteiger partial charge in [-0.05, 0) is 53.5 Å². The molecule has 0 spiro atoms. The summed E-state index contributed by atoms with van der Waals surface area (Å²) in [5, 5.41) is 6.71. The molecule has 3 rings (SSSR count). The monoisotopic (exact) mass is 397 g/mol. The highest BCUT2D eigenvalue weighted by atomic mass is 79.9. The van der Waals surface area contributed by atoms with Crippen molar-refractivity contribution in [1.82, 2.24) is 15.0 Å². The van der Waals surface area contributed by atoms with Crippen LogP contribution < -0.4 is 10.6 Å². The lowest BCUT2D eigenvalue weighted by molar-refractivity contribution is 0.753. The van der Waals surface area contributed by atoms with Crippen LogP contribution in [0.4, 0.5) is 17.5 Å². The van der Waals surface area contributed by atoms with Gasteiger partial charge in [0.25, 0.3) is 0 Å². The number of halogens is 1. The van der Waals surface area contributed by atoms with Crippen molar-refractivity contribution in [2.75, 3.05) is 10.6 Å². The third kappa shape index (κ3) is 4.54. The van der Waals surface area contributed by atoms with E-state index in [9.17, 15) is 0 Å².